The van der Waals surface area contributed by atoms with E-state index in [0.717, 1.165) is 3.57 Å². The van der Waals surface area contributed by atoms with Gasteiger partial charge in [-0.25, -0.2) is 0 Å². The second-order valence-electron chi connectivity index (χ2n) is 4.82. The van der Waals surface area contributed by atoms with Crippen molar-refractivity contribution < 1.29 is 24.2 Å². The number of phenols is 1. The summed E-state index contributed by atoms with van der Waals surface area (Å²) in [6.07, 6.45) is 0. The normalized spacial score (nSPS) is 10.2. The van der Waals surface area contributed by atoms with E-state index in [1.807, 2.05) is 12.1 Å². The summed E-state index contributed by atoms with van der Waals surface area (Å²) in [5.74, 6) is -0.221. The fourth-order valence-corrected chi connectivity index (χ4v) is 2.61. The average molecular weight is 426 g/mol. The quantitative estimate of drug-likeness (QED) is 0.568. The van der Waals surface area contributed by atoms with Gasteiger partial charge in [-0.1, -0.05) is 12.1 Å². The van der Waals surface area contributed by atoms with Gasteiger partial charge in [-0.05, 0) is 47.7 Å². The monoisotopic (exact) mass is 426 g/mol. The number of methoxy groups -OCH3 is 1. The Balaban J connectivity index is 2.42. The number of hydrogen-bond donors (Lipinski definition) is 1. The first-order valence-electron chi connectivity index (χ1n) is 6.76. The van der Waals surface area contributed by atoms with Crippen LogP contribution in [0, 0.1) is 3.57 Å². The minimum Gasteiger partial charge on any atom is -0.507 e. The maximum Gasteiger partial charge on any atom is 0.197 e. The molecular formula is C17H15IO5. The molecule has 120 valence electrons. The molecule has 0 amide bonds. The SMILES string of the molecule is COc1cc(C(=O)c2ccccc2I)c(O)cc1OCC(C)=O. The maximum absolute atomic E-state index is 12.6. The van der Waals surface area contributed by atoms with Crippen LogP contribution in [0.25, 0.3) is 0 Å². The van der Waals surface area contributed by atoms with E-state index in [0.29, 0.717) is 5.56 Å². The van der Waals surface area contributed by atoms with E-state index < -0.39 is 0 Å². The Kier molecular flexibility index (Phi) is 5.59. The number of aromatic hydroxyl groups is 1. The fraction of sp³-hybridized carbons (Fsp3) is 0.176. The van der Waals surface area contributed by atoms with Crippen LogP contribution in [0.2, 0.25) is 0 Å². The van der Waals surface area contributed by atoms with Gasteiger partial charge < -0.3 is 14.6 Å². The summed E-state index contributed by atoms with van der Waals surface area (Å²) in [4.78, 5) is 23.6. The molecule has 2 rings (SSSR count). The van der Waals surface area contributed by atoms with Crippen molar-refractivity contribution >= 4 is 34.2 Å². The number of carbonyl (C=O) groups excluding carboxylic acids is 2. The van der Waals surface area contributed by atoms with E-state index in [1.54, 1.807) is 12.1 Å². The molecule has 2 aromatic rings. The second kappa shape index (κ2) is 7.45. The van der Waals surface area contributed by atoms with Crippen molar-refractivity contribution in [2.45, 2.75) is 6.92 Å². The van der Waals surface area contributed by atoms with Crippen LogP contribution in [0.3, 0.4) is 0 Å². The van der Waals surface area contributed by atoms with Crippen molar-refractivity contribution in [2.24, 2.45) is 0 Å². The largest absolute Gasteiger partial charge is 0.507 e. The Morgan fingerprint density at radius 1 is 1.13 bits per heavy atom. The molecule has 0 aliphatic carbocycles. The van der Waals surface area contributed by atoms with Gasteiger partial charge in [0.2, 0.25) is 0 Å². The molecule has 0 aromatic heterocycles. The lowest BCUT2D eigenvalue weighted by atomic mass is 10.0. The first kappa shape index (κ1) is 17.3. The minimum atomic E-state index is -0.316. The number of Topliss-reactive ketones (excluding diaryl/α,β-unsaturated/α-hetero) is 1. The average Bonchev–Trinajstić information content (AvgIpc) is 2.52. The summed E-state index contributed by atoms with van der Waals surface area (Å²) >= 11 is 2.06. The van der Waals surface area contributed by atoms with Gasteiger partial charge in [0.1, 0.15) is 12.4 Å². The Morgan fingerprint density at radius 3 is 2.43 bits per heavy atom. The number of hydrogen-bond acceptors (Lipinski definition) is 5. The third-order valence-electron chi connectivity index (χ3n) is 3.08. The summed E-state index contributed by atoms with van der Waals surface area (Å²) < 4.78 is 11.3. The molecule has 5 nitrogen and oxygen atoms in total. The zero-order valence-corrected chi connectivity index (χ0v) is 14.8. The van der Waals surface area contributed by atoms with E-state index in [1.165, 1.54) is 26.2 Å². The molecular weight excluding hydrogens is 411 g/mol. The number of halogens is 1. The summed E-state index contributed by atoms with van der Waals surface area (Å²) in [5.41, 5.74) is 0.601. The molecule has 0 unspecified atom stereocenters. The number of phenolic OH excluding ortho intramolecular Hbond substituents is 1. The Bertz CT molecular complexity index is 755. The predicted octanol–water partition coefficient (Wildman–Crippen LogP) is 3.20. The molecule has 0 fully saturated rings. The van der Waals surface area contributed by atoms with Crippen molar-refractivity contribution in [3.63, 3.8) is 0 Å². The minimum absolute atomic E-state index is 0.112. The maximum atomic E-state index is 12.6. The van der Waals surface area contributed by atoms with Crippen LogP contribution < -0.4 is 9.47 Å². The molecule has 2 aromatic carbocycles. The van der Waals surface area contributed by atoms with E-state index in [-0.39, 0.29) is 41.0 Å². The van der Waals surface area contributed by atoms with E-state index >= 15 is 0 Å². The van der Waals surface area contributed by atoms with Crippen molar-refractivity contribution in [3.8, 4) is 17.2 Å². The zero-order valence-electron chi connectivity index (χ0n) is 12.6. The van der Waals surface area contributed by atoms with Gasteiger partial charge >= 0.3 is 0 Å². The first-order chi connectivity index (χ1) is 10.9. The Hall–Kier alpha value is -2.09. The molecule has 0 saturated carbocycles. The smallest absolute Gasteiger partial charge is 0.197 e. The van der Waals surface area contributed by atoms with Gasteiger partial charge in [0, 0.05) is 15.2 Å². The Morgan fingerprint density at radius 2 is 1.83 bits per heavy atom. The van der Waals surface area contributed by atoms with E-state index in [2.05, 4.69) is 22.6 Å². The molecule has 0 aliphatic rings. The number of carbonyl (C=O) groups is 2. The van der Waals surface area contributed by atoms with Crippen LogP contribution in [-0.4, -0.2) is 30.4 Å². The molecule has 0 radical (unpaired) electrons. The van der Waals surface area contributed by atoms with Crippen LogP contribution >= 0.6 is 22.6 Å². The van der Waals surface area contributed by atoms with E-state index in [9.17, 15) is 14.7 Å². The van der Waals surface area contributed by atoms with Crippen LogP contribution in [0.4, 0.5) is 0 Å². The van der Waals surface area contributed by atoms with Gasteiger partial charge in [-0.3, -0.25) is 9.59 Å². The van der Waals surface area contributed by atoms with Gasteiger partial charge in [0.25, 0.3) is 0 Å². The number of ketones is 2. The molecule has 0 atom stereocenters. The summed E-state index contributed by atoms with van der Waals surface area (Å²) in [6.45, 7) is 1.25. The lowest BCUT2D eigenvalue weighted by Crippen LogP contribution is -2.09. The van der Waals surface area contributed by atoms with Crippen molar-refractivity contribution in [1.29, 1.82) is 0 Å². The van der Waals surface area contributed by atoms with E-state index in [4.69, 9.17) is 9.47 Å². The predicted molar refractivity (Wildman–Crippen MR) is 93.4 cm³/mol. The van der Waals surface area contributed by atoms with Gasteiger partial charge in [0.05, 0.1) is 12.7 Å². The van der Waals surface area contributed by atoms with Gasteiger partial charge in [-0.15, -0.1) is 0 Å². The molecule has 23 heavy (non-hydrogen) atoms. The molecule has 0 aliphatic heterocycles. The van der Waals surface area contributed by atoms with Crippen LogP contribution in [0.15, 0.2) is 36.4 Å². The zero-order chi connectivity index (χ0) is 17.0. The van der Waals surface area contributed by atoms with Crippen molar-refractivity contribution in [3.05, 3.63) is 51.1 Å². The summed E-state index contributed by atoms with van der Waals surface area (Å²) in [7, 11) is 1.42. The van der Waals surface area contributed by atoms with Crippen LogP contribution in [0.5, 0.6) is 17.2 Å². The third kappa shape index (κ3) is 4.01. The van der Waals surface area contributed by atoms with Crippen LogP contribution in [-0.2, 0) is 4.79 Å². The van der Waals surface area contributed by atoms with Gasteiger partial charge in [-0.2, -0.15) is 0 Å². The standard InChI is InChI=1S/C17H15IO5/c1-10(19)9-23-16-8-14(20)12(7-15(16)22-2)17(21)11-5-3-4-6-13(11)18/h3-8,20H,9H2,1-2H3. The highest BCUT2D eigenvalue weighted by atomic mass is 127. The molecule has 0 spiro atoms. The molecule has 0 saturated heterocycles. The number of benzene rings is 2. The highest BCUT2D eigenvalue weighted by molar-refractivity contribution is 14.1. The van der Waals surface area contributed by atoms with Crippen molar-refractivity contribution in [1.82, 2.24) is 0 Å². The highest BCUT2D eigenvalue weighted by Crippen LogP contribution is 2.35. The second-order valence-corrected chi connectivity index (χ2v) is 5.98. The molecule has 0 heterocycles. The van der Waals surface area contributed by atoms with Gasteiger partial charge in [0.15, 0.2) is 23.1 Å². The number of ether oxygens (including phenoxy) is 2. The molecule has 6 heteroatoms. The molecule has 1 N–H and O–H groups in total. The van der Waals surface area contributed by atoms with Crippen molar-refractivity contribution in [2.75, 3.05) is 13.7 Å². The topological polar surface area (TPSA) is 72.8 Å². The lowest BCUT2D eigenvalue weighted by Gasteiger charge is -2.13. The fourth-order valence-electron chi connectivity index (χ4n) is 1.97. The molecule has 0 bridgehead atoms. The Labute approximate surface area is 147 Å². The summed E-state index contributed by atoms with van der Waals surface area (Å²) in [6, 6.07) is 9.79. The highest BCUT2D eigenvalue weighted by Gasteiger charge is 2.20. The third-order valence-corrected chi connectivity index (χ3v) is 4.02. The number of rotatable bonds is 6. The first-order valence-corrected chi connectivity index (χ1v) is 7.84. The lowest BCUT2D eigenvalue weighted by molar-refractivity contribution is -0.118. The van der Waals surface area contributed by atoms with Crippen LogP contribution in [0.1, 0.15) is 22.8 Å². The summed E-state index contributed by atoms with van der Waals surface area (Å²) in [5, 5.41) is 10.2.